The van der Waals surface area contributed by atoms with Crippen molar-refractivity contribution in [1.82, 2.24) is 4.72 Å². The van der Waals surface area contributed by atoms with E-state index in [4.69, 9.17) is 0 Å². The lowest BCUT2D eigenvalue weighted by Crippen LogP contribution is -2.01. The Hall–Kier alpha value is -2.29. The lowest BCUT2D eigenvalue weighted by atomic mass is 9.93. The van der Waals surface area contributed by atoms with Crippen LogP contribution in [0.4, 0.5) is 0 Å². The first-order valence-electron chi connectivity index (χ1n) is 11.2. The largest absolute Gasteiger partial charge is 0.260 e. The van der Waals surface area contributed by atoms with Crippen molar-refractivity contribution in [3.05, 3.63) is 101 Å². The second-order valence-corrected chi connectivity index (χ2v) is 8.17. The van der Waals surface area contributed by atoms with E-state index in [1.807, 2.05) is 13.8 Å². The van der Waals surface area contributed by atoms with Crippen LogP contribution in [-0.2, 0) is 6.42 Å². The third-order valence-corrected chi connectivity index (χ3v) is 6.09. The Morgan fingerprint density at radius 2 is 1.65 bits per heavy atom. The van der Waals surface area contributed by atoms with E-state index in [1.165, 1.54) is 43.9 Å². The SMILES string of the molecule is C=CC=C.CC.CCNSc1cc(C)ccc1/C=C1\C(C)=C(C)CCc2ccccc21. The smallest absolute Gasteiger partial charge is 0.0303 e. The molecule has 1 N–H and O–H groups in total. The van der Waals surface area contributed by atoms with Crippen LogP contribution in [-0.4, -0.2) is 6.54 Å². The lowest BCUT2D eigenvalue weighted by molar-refractivity contribution is 0.940. The molecule has 2 heteroatoms. The molecule has 0 heterocycles. The summed E-state index contributed by atoms with van der Waals surface area (Å²) < 4.78 is 3.40. The maximum absolute atomic E-state index is 3.40. The quantitative estimate of drug-likeness (QED) is 0.373. The molecule has 166 valence electrons. The third-order valence-electron chi connectivity index (χ3n) is 5.08. The van der Waals surface area contributed by atoms with Crippen molar-refractivity contribution >= 4 is 23.6 Å². The molecule has 0 saturated heterocycles. The van der Waals surface area contributed by atoms with Crippen LogP contribution in [0.5, 0.6) is 0 Å². The van der Waals surface area contributed by atoms with Gasteiger partial charge in [-0.2, -0.15) is 0 Å². The van der Waals surface area contributed by atoms with Crippen molar-refractivity contribution in [3.8, 4) is 0 Å². The molecule has 0 spiro atoms. The fourth-order valence-corrected chi connectivity index (χ4v) is 4.07. The molecule has 31 heavy (non-hydrogen) atoms. The fourth-order valence-electron chi connectivity index (χ4n) is 3.28. The summed E-state index contributed by atoms with van der Waals surface area (Å²) in [6.45, 7) is 20.5. The average molecular weight is 434 g/mol. The number of benzene rings is 2. The molecule has 0 fully saturated rings. The lowest BCUT2D eigenvalue weighted by Gasteiger charge is -2.14. The number of nitrogens with one attached hydrogen (secondary N) is 1. The summed E-state index contributed by atoms with van der Waals surface area (Å²) in [5.41, 5.74) is 9.71. The zero-order valence-corrected chi connectivity index (χ0v) is 21.0. The summed E-state index contributed by atoms with van der Waals surface area (Å²) >= 11 is 1.73. The molecule has 1 aliphatic carbocycles. The van der Waals surface area contributed by atoms with E-state index >= 15 is 0 Å². The van der Waals surface area contributed by atoms with E-state index in [0.717, 1.165) is 19.4 Å². The van der Waals surface area contributed by atoms with Crippen LogP contribution in [0, 0.1) is 6.92 Å². The van der Waals surface area contributed by atoms with Gasteiger partial charge in [0.1, 0.15) is 0 Å². The van der Waals surface area contributed by atoms with Crippen LogP contribution < -0.4 is 4.72 Å². The zero-order chi connectivity index (χ0) is 23.2. The highest BCUT2D eigenvalue weighted by Crippen LogP contribution is 2.36. The second-order valence-electron chi connectivity index (χ2n) is 7.23. The van der Waals surface area contributed by atoms with Crippen LogP contribution in [0.2, 0.25) is 0 Å². The molecular weight excluding hydrogens is 394 g/mol. The van der Waals surface area contributed by atoms with Crippen LogP contribution in [0.25, 0.3) is 11.6 Å². The Labute approximate surface area is 195 Å². The van der Waals surface area contributed by atoms with Crippen molar-refractivity contribution in [2.24, 2.45) is 0 Å². The number of aryl methyl sites for hydroxylation is 2. The molecule has 2 aromatic carbocycles. The average Bonchev–Trinajstić information content (AvgIpc) is 2.92. The molecular formula is C29H39NS. The maximum Gasteiger partial charge on any atom is 0.0303 e. The summed E-state index contributed by atoms with van der Waals surface area (Å²) in [5, 5.41) is 0. The molecule has 0 atom stereocenters. The van der Waals surface area contributed by atoms with Gasteiger partial charge in [0.15, 0.2) is 0 Å². The number of allylic oxidation sites excluding steroid dienone is 5. The molecule has 1 nitrogen and oxygen atoms in total. The highest BCUT2D eigenvalue weighted by molar-refractivity contribution is 7.97. The molecule has 2 aromatic rings. The van der Waals surface area contributed by atoms with Crippen LogP contribution in [0.15, 0.2) is 83.8 Å². The Morgan fingerprint density at radius 1 is 0.968 bits per heavy atom. The minimum absolute atomic E-state index is 0.954. The van der Waals surface area contributed by atoms with E-state index in [0.29, 0.717) is 0 Å². The summed E-state index contributed by atoms with van der Waals surface area (Å²) in [5.74, 6) is 0. The van der Waals surface area contributed by atoms with E-state index in [1.54, 1.807) is 24.1 Å². The molecule has 0 aromatic heterocycles. The Bertz CT molecular complexity index is 912. The van der Waals surface area contributed by atoms with Gasteiger partial charge in [-0.25, -0.2) is 0 Å². The molecule has 0 radical (unpaired) electrons. The molecule has 3 rings (SSSR count). The maximum atomic E-state index is 3.40. The fraction of sp³-hybridized carbons (Fsp3) is 0.310. The first-order chi connectivity index (χ1) is 15.0. The van der Waals surface area contributed by atoms with Gasteiger partial charge in [-0.1, -0.05) is 88.1 Å². The van der Waals surface area contributed by atoms with Gasteiger partial charge >= 0.3 is 0 Å². The first kappa shape index (κ1) is 26.7. The predicted octanol–water partition coefficient (Wildman–Crippen LogP) is 8.82. The van der Waals surface area contributed by atoms with Gasteiger partial charge in [0.2, 0.25) is 0 Å². The number of hydrogen-bond acceptors (Lipinski definition) is 2. The predicted molar refractivity (Wildman–Crippen MR) is 143 cm³/mol. The summed E-state index contributed by atoms with van der Waals surface area (Å²) in [6.07, 6.45) is 7.93. The standard InChI is InChI=1S/C23H27NS.C4H6.C2H6/c1-5-24-25-23-14-16(2)10-12-20(23)15-22-18(4)17(3)11-13-19-8-6-7-9-21(19)22;1-3-4-2;1-2/h6-10,12,14-15,24H,5,11,13H2,1-4H3;3-4H,1-2H2;1-2H3/b22-15+;;. The Morgan fingerprint density at radius 3 is 2.29 bits per heavy atom. The highest BCUT2D eigenvalue weighted by Gasteiger charge is 2.16. The molecule has 0 amide bonds. The van der Waals surface area contributed by atoms with E-state index in [2.05, 4.69) is 94.1 Å². The summed E-state index contributed by atoms with van der Waals surface area (Å²) in [7, 11) is 0. The minimum atomic E-state index is 0.954. The number of rotatable bonds is 5. The van der Waals surface area contributed by atoms with Gasteiger partial charge in [0.25, 0.3) is 0 Å². The number of fused-ring (bicyclic) bond motifs is 1. The highest BCUT2D eigenvalue weighted by atomic mass is 32.2. The summed E-state index contributed by atoms with van der Waals surface area (Å²) in [6, 6.07) is 15.6. The van der Waals surface area contributed by atoms with Gasteiger partial charge in [0.05, 0.1) is 0 Å². The molecule has 0 saturated carbocycles. The van der Waals surface area contributed by atoms with Crippen molar-refractivity contribution in [3.63, 3.8) is 0 Å². The van der Waals surface area contributed by atoms with Gasteiger partial charge in [0, 0.05) is 11.4 Å². The minimum Gasteiger partial charge on any atom is -0.260 e. The third kappa shape index (κ3) is 8.05. The van der Waals surface area contributed by atoms with Crippen molar-refractivity contribution in [2.75, 3.05) is 6.54 Å². The van der Waals surface area contributed by atoms with Gasteiger partial charge in [-0.05, 0) is 91.1 Å². The first-order valence-corrected chi connectivity index (χ1v) is 12.0. The van der Waals surface area contributed by atoms with Gasteiger partial charge in [-0.3, -0.25) is 4.72 Å². The topological polar surface area (TPSA) is 12.0 Å². The Kier molecular flexibility index (Phi) is 12.7. The van der Waals surface area contributed by atoms with Gasteiger partial charge in [-0.15, -0.1) is 0 Å². The van der Waals surface area contributed by atoms with Crippen LogP contribution in [0.1, 0.15) is 63.3 Å². The zero-order valence-electron chi connectivity index (χ0n) is 20.2. The van der Waals surface area contributed by atoms with E-state index in [-0.39, 0.29) is 0 Å². The van der Waals surface area contributed by atoms with Crippen molar-refractivity contribution in [2.45, 2.75) is 59.3 Å². The second kappa shape index (κ2) is 14.7. The van der Waals surface area contributed by atoms with Crippen LogP contribution >= 0.6 is 11.9 Å². The number of hydrogen-bond donors (Lipinski definition) is 1. The Balaban J connectivity index is 0.000000720. The summed E-state index contributed by atoms with van der Waals surface area (Å²) in [4.78, 5) is 1.29. The molecule has 1 aliphatic rings. The molecule has 0 unspecified atom stereocenters. The normalized spacial score (nSPS) is 13.8. The van der Waals surface area contributed by atoms with Crippen LogP contribution in [0.3, 0.4) is 0 Å². The van der Waals surface area contributed by atoms with E-state index < -0.39 is 0 Å². The van der Waals surface area contributed by atoms with Crippen molar-refractivity contribution in [1.29, 1.82) is 0 Å². The monoisotopic (exact) mass is 433 g/mol. The van der Waals surface area contributed by atoms with Gasteiger partial charge < -0.3 is 0 Å². The molecule has 0 bridgehead atoms. The van der Waals surface area contributed by atoms with Crippen molar-refractivity contribution < 1.29 is 0 Å². The molecule has 0 aliphatic heterocycles. The van der Waals surface area contributed by atoms with E-state index in [9.17, 15) is 0 Å².